The number of benzene rings is 2. The first kappa shape index (κ1) is 16.8. The highest BCUT2D eigenvalue weighted by molar-refractivity contribution is 5.79. The molecule has 1 saturated carbocycles. The zero-order valence-corrected chi connectivity index (χ0v) is 14.3. The topological polar surface area (TPSA) is 78.8 Å². The maximum absolute atomic E-state index is 12.3. The normalized spacial score (nSPS) is 23.3. The molecule has 5 nitrogen and oxygen atoms in total. The smallest absolute Gasteiger partial charge is 0.407 e. The zero-order chi connectivity index (χ0) is 18.3. The Morgan fingerprint density at radius 1 is 1.19 bits per heavy atom. The predicted octanol–water partition coefficient (Wildman–Crippen LogP) is 2.78. The molecule has 0 aromatic heterocycles. The number of carbonyl (C=O) groups is 1. The van der Waals surface area contributed by atoms with E-state index < -0.39 is 17.9 Å². The van der Waals surface area contributed by atoms with Gasteiger partial charge >= 0.3 is 6.09 Å². The minimum atomic E-state index is -1.65. The number of aliphatic hydroxyl groups excluding tert-OH is 1. The molecule has 0 saturated heterocycles. The number of nitrogens with one attached hydrogen (secondary N) is 1. The summed E-state index contributed by atoms with van der Waals surface area (Å²) in [6.07, 6.45) is -0.239. The third-order valence-corrected chi connectivity index (χ3v) is 5.48. The SMILES string of the molecule is C=C[C@@H]1C[C@]1(NC(=O)OCC1c2ccccc2-c2ccccc21)C(O)O. The van der Waals surface area contributed by atoms with E-state index in [9.17, 15) is 15.0 Å². The summed E-state index contributed by atoms with van der Waals surface area (Å²) in [5.74, 6) is -0.194. The lowest BCUT2D eigenvalue weighted by Gasteiger charge is -2.21. The van der Waals surface area contributed by atoms with Crippen molar-refractivity contribution >= 4 is 6.09 Å². The summed E-state index contributed by atoms with van der Waals surface area (Å²) in [6, 6.07) is 16.2. The molecule has 0 aliphatic heterocycles. The predicted molar refractivity (Wildman–Crippen MR) is 97.5 cm³/mol. The molecule has 3 N–H and O–H groups in total. The van der Waals surface area contributed by atoms with Gasteiger partial charge in [0.15, 0.2) is 6.29 Å². The summed E-state index contributed by atoms with van der Waals surface area (Å²) < 4.78 is 5.45. The van der Waals surface area contributed by atoms with Crippen LogP contribution in [0, 0.1) is 5.92 Å². The van der Waals surface area contributed by atoms with Crippen LogP contribution in [0.1, 0.15) is 23.5 Å². The van der Waals surface area contributed by atoms with E-state index in [1.807, 2.05) is 24.3 Å². The van der Waals surface area contributed by atoms with Crippen molar-refractivity contribution in [2.75, 3.05) is 6.61 Å². The van der Waals surface area contributed by atoms with Crippen LogP contribution in [0.2, 0.25) is 0 Å². The Balaban J connectivity index is 1.48. The Labute approximate surface area is 151 Å². The molecule has 5 heteroatoms. The van der Waals surface area contributed by atoms with Crippen molar-refractivity contribution in [3.05, 3.63) is 72.3 Å². The second-order valence-electron chi connectivity index (χ2n) is 6.91. The van der Waals surface area contributed by atoms with Crippen LogP contribution in [0.4, 0.5) is 4.79 Å². The maximum atomic E-state index is 12.3. The minimum Gasteiger partial charge on any atom is -0.449 e. The summed E-state index contributed by atoms with van der Waals surface area (Å²) in [5.41, 5.74) is 3.51. The monoisotopic (exact) mass is 351 g/mol. The van der Waals surface area contributed by atoms with Crippen molar-refractivity contribution in [3.8, 4) is 11.1 Å². The maximum Gasteiger partial charge on any atom is 0.407 e. The molecular weight excluding hydrogens is 330 g/mol. The van der Waals surface area contributed by atoms with E-state index in [0.717, 1.165) is 22.3 Å². The van der Waals surface area contributed by atoms with Gasteiger partial charge in [0.25, 0.3) is 0 Å². The van der Waals surface area contributed by atoms with Gasteiger partial charge in [-0.05, 0) is 28.7 Å². The van der Waals surface area contributed by atoms with Gasteiger partial charge in [-0.15, -0.1) is 6.58 Å². The number of hydrogen-bond acceptors (Lipinski definition) is 4. The van der Waals surface area contributed by atoms with Gasteiger partial charge in [-0.3, -0.25) is 0 Å². The highest BCUT2D eigenvalue weighted by Gasteiger charge is 2.59. The quantitative estimate of drug-likeness (QED) is 0.572. The Morgan fingerprint density at radius 2 is 1.77 bits per heavy atom. The lowest BCUT2D eigenvalue weighted by Crippen LogP contribution is -2.47. The number of fused-ring (bicyclic) bond motifs is 3. The van der Waals surface area contributed by atoms with Crippen molar-refractivity contribution in [3.63, 3.8) is 0 Å². The average Bonchev–Trinajstić information content (AvgIpc) is 3.28. The van der Waals surface area contributed by atoms with Gasteiger partial charge in [0.1, 0.15) is 12.1 Å². The van der Waals surface area contributed by atoms with Crippen LogP contribution in [0.3, 0.4) is 0 Å². The van der Waals surface area contributed by atoms with E-state index in [2.05, 4.69) is 36.2 Å². The summed E-state index contributed by atoms with van der Waals surface area (Å²) in [5, 5.41) is 21.7. The number of rotatable bonds is 5. The Morgan fingerprint density at radius 3 is 2.27 bits per heavy atom. The first-order valence-corrected chi connectivity index (χ1v) is 8.68. The molecule has 2 aliphatic carbocycles. The van der Waals surface area contributed by atoms with Crippen LogP contribution in [-0.2, 0) is 4.74 Å². The van der Waals surface area contributed by atoms with Crippen molar-refractivity contribution in [1.82, 2.24) is 5.32 Å². The van der Waals surface area contributed by atoms with Crippen LogP contribution in [-0.4, -0.2) is 34.7 Å². The average molecular weight is 351 g/mol. The Kier molecular flexibility index (Phi) is 4.05. The lowest BCUT2D eigenvalue weighted by molar-refractivity contribution is -0.0778. The molecule has 2 aromatic carbocycles. The highest BCUT2D eigenvalue weighted by Crippen LogP contribution is 2.47. The largest absolute Gasteiger partial charge is 0.449 e. The number of aliphatic hydroxyl groups is 2. The van der Waals surface area contributed by atoms with Crippen LogP contribution in [0.15, 0.2) is 61.2 Å². The third-order valence-electron chi connectivity index (χ3n) is 5.48. The van der Waals surface area contributed by atoms with E-state index in [1.54, 1.807) is 6.08 Å². The molecule has 1 amide bonds. The molecule has 2 aromatic rings. The van der Waals surface area contributed by atoms with Crippen molar-refractivity contribution in [2.45, 2.75) is 24.2 Å². The molecule has 0 bridgehead atoms. The van der Waals surface area contributed by atoms with Gasteiger partial charge in [0.2, 0.25) is 0 Å². The molecule has 0 spiro atoms. The van der Waals surface area contributed by atoms with E-state index in [-0.39, 0.29) is 18.4 Å². The van der Waals surface area contributed by atoms with Crippen LogP contribution in [0.5, 0.6) is 0 Å². The third kappa shape index (κ3) is 2.60. The molecule has 2 aliphatic rings. The molecular formula is C21H21NO4. The second kappa shape index (κ2) is 6.27. The van der Waals surface area contributed by atoms with Crippen LogP contribution < -0.4 is 5.32 Å². The van der Waals surface area contributed by atoms with Gasteiger partial charge in [-0.2, -0.15) is 0 Å². The summed E-state index contributed by atoms with van der Waals surface area (Å²) in [6.45, 7) is 3.84. The van der Waals surface area contributed by atoms with Crippen LogP contribution in [0.25, 0.3) is 11.1 Å². The van der Waals surface area contributed by atoms with Gasteiger partial charge in [0, 0.05) is 11.8 Å². The molecule has 2 atom stereocenters. The Bertz CT molecular complexity index is 817. The molecule has 4 rings (SSSR count). The fourth-order valence-electron chi connectivity index (χ4n) is 3.93. The zero-order valence-electron chi connectivity index (χ0n) is 14.3. The van der Waals surface area contributed by atoms with Gasteiger partial charge in [-0.25, -0.2) is 4.79 Å². The molecule has 134 valence electrons. The van der Waals surface area contributed by atoms with E-state index in [0.29, 0.717) is 6.42 Å². The highest BCUT2D eigenvalue weighted by atomic mass is 16.6. The van der Waals surface area contributed by atoms with Crippen LogP contribution >= 0.6 is 0 Å². The van der Waals surface area contributed by atoms with Crippen molar-refractivity contribution in [2.24, 2.45) is 5.92 Å². The fraction of sp³-hybridized carbons (Fsp3) is 0.286. The first-order valence-electron chi connectivity index (χ1n) is 8.68. The molecule has 1 fully saturated rings. The summed E-state index contributed by atoms with van der Waals surface area (Å²) >= 11 is 0. The van der Waals surface area contributed by atoms with E-state index in [1.165, 1.54) is 0 Å². The number of hydrogen-bond donors (Lipinski definition) is 3. The van der Waals surface area contributed by atoms with Crippen molar-refractivity contribution in [1.29, 1.82) is 0 Å². The first-order chi connectivity index (χ1) is 12.6. The second-order valence-corrected chi connectivity index (χ2v) is 6.91. The number of alkyl carbamates (subject to hydrolysis) is 1. The molecule has 26 heavy (non-hydrogen) atoms. The number of carbonyl (C=O) groups excluding carboxylic acids is 1. The van der Waals surface area contributed by atoms with Gasteiger partial charge in [0.05, 0.1) is 0 Å². The molecule has 0 heterocycles. The van der Waals surface area contributed by atoms with Gasteiger partial charge < -0.3 is 20.3 Å². The molecule has 0 radical (unpaired) electrons. The lowest BCUT2D eigenvalue weighted by atomic mass is 9.98. The minimum absolute atomic E-state index is 0.0300. The van der Waals surface area contributed by atoms with E-state index >= 15 is 0 Å². The summed E-state index contributed by atoms with van der Waals surface area (Å²) in [4.78, 5) is 12.3. The molecule has 0 unspecified atom stereocenters. The number of amides is 1. The Hall–Kier alpha value is -2.63. The standard InChI is InChI=1S/C21H21NO4/c1-2-13-11-21(13,19(23)24)22-20(25)26-12-18-16-9-5-3-7-14(16)15-8-4-6-10-17(15)18/h2-10,13,18-19,23-24H,1,11-12H2,(H,22,25)/t13-,21-/m1/s1. The van der Waals surface area contributed by atoms with Gasteiger partial charge in [-0.1, -0.05) is 54.6 Å². The number of ether oxygens (including phenoxy) is 1. The van der Waals surface area contributed by atoms with Crippen molar-refractivity contribution < 1.29 is 19.7 Å². The fourth-order valence-corrected chi connectivity index (χ4v) is 3.93. The van der Waals surface area contributed by atoms with E-state index in [4.69, 9.17) is 4.74 Å². The summed E-state index contributed by atoms with van der Waals surface area (Å²) in [7, 11) is 0.